The lowest BCUT2D eigenvalue weighted by molar-refractivity contribution is -0.143. The van der Waals surface area contributed by atoms with Gasteiger partial charge in [0.25, 0.3) is 0 Å². The number of carbonyl (C=O) groups is 1. The van der Waals surface area contributed by atoms with Gasteiger partial charge in [0.05, 0.1) is 12.8 Å². The number of likely N-dealkylation sites (N-methyl/N-ethyl adjacent to an activating group) is 2. The van der Waals surface area contributed by atoms with Crippen molar-refractivity contribution < 1.29 is 14.6 Å². The summed E-state index contributed by atoms with van der Waals surface area (Å²) in [6, 6.07) is 7.56. The first-order chi connectivity index (χ1) is 8.94. The first kappa shape index (κ1) is 15.3. The molecule has 2 N–H and O–H groups in total. The molecule has 1 aromatic carbocycles. The minimum absolute atomic E-state index is 0.344. The second-order valence-electron chi connectivity index (χ2n) is 4.70. The topological polar surface area (TPSA) is 61.8 Å². The number of rotatable bonds is 7. The summed E-state index contributed by atoms with van der Waals surface area (Å²) in [5.41, 5.74) is -0.125. The molecule has 0 aliphatic rings. The second-order valence-corrected chi connectivity index (χ2v) is 4.70. The fraction of sp³-hybridized carbons (Fsp3) is 0.500. The van der Waals surface area contributed by atoms with Crippen LogP contribution in [0.25, 0.3) is 0 Å². The van der Waals surface area contributed by atoms with Gasteiger partial charge in [-0.1, -0.05) is 19.1 Å². The minimum Gasteiger partial charge on any atom is -0.495 e. The second kappa shape index (κ2) is 6.43. The monoisotopic (exact) mass is 266 g/mol. The third kappa shape index (κ3) is 3.61. The van der Waals surface area contributed by atoms with Crippen molar-refractivity contribution in [3.05, 3.63) is 24.3 Å². The van der Waals surface area contributed by atoms with Gasteiger partial charge in [0.2, 0.25) is 0 Å². The number of ether oxygens (including phenoxy) is 1. The van der Waals surface area contributed by atoms with Gasteiger partial charge >= 0.3 is 5.97 Å². The van der Waals surface area contributed by atoms with Crippen LogP contribution in [-0.4, -0.2) is 43.9 Å². The van der Waals surface area contributed by atoms with Crippen LogP contribution in [-0.2, 0) is 4.79 Å². The molecule has 0 heterocycles. The van der Waals surface area contributed by atoms with Crippen molar-refractivity contribution in [2.24, 2.45) is 0 Å². The SMILES string of the molecule is CCNC(C)(CN(C)c1ccccc1OC)C(=O)O. The summed E-state index contributed by atoms with van der Waals surface area (Å²) in [6.07, 6.45) is 0. The van der Waals surface area contributed by atoms with E-state index in [2.05, 4.69) is 5.32 Å². The van der Waals surface area contributed by atoms with E-state index in [9.17, 15) is 9.90 Å². The molecule has 1 unspecified atom stereocenters. The van der Waals surface area contributed by atoms with E-state index in [1.807, 2.05) is 43.1 Å². The zero-order valence-electron chi connectivity index (χ0n) is 11.9. The van der Waals surface area contributed by atoms with E-state index >= 15 is 0 Å². The Bertz CT molecular complexity index is 436. The normalized spacial score (nSPS) is 13.7. The Morgan fingerprint density at radius 3 is 2.63 bits per heavy atom. The standard InChI is InChI=1S/C14H22N2O3/c1-5-15-14(2,13(17)18)10-16(3)11-8-6-7-9-12(11)19-4/h6-9,15H,5,10H2,1-4H3,(H,17,18). The molecule has 5 nitrogen and oxygen atoms in total. The summed E-state index contributed by atoms with van der Waals surface area (Å²) in [6.45, 7) is 4.52. The largest absolute Gasteiger partial charge is 0.495 e. The number of nitrogens with one attached hydrogen (secondary N) is 1. The van der Waals surface area contributed by atoms with Crippen LogP contribution in [0.4, 0.5) is 5.69 Å². The minimum atomic E-state index is -0.996. The maximum absolute atomic E-state index is 11.4. The lowest BCUT2D eigenvalue weighted by Crippen LogP contribution is -2.56. The third-order valence-electron chi connectivity index (χ3n) is 3.09. The van der Waals surface area contributed by atoms with E-state index < -0.39 is 11.5 Å². The number of para-hydroxylation sites is 2. The van der Waals surface area contributed by atoms with Gasteiger partial charge in [-0.15, -0.1) is 0 Å². The van der Waals surface area contributed by atoms with Gasteiger partial charge in [-0.2, -0.15) is 0 Å². The van der Waals surface area contributed by atoms with Crippen LogP contribution in [0.15, 0.2) is 24.3 Å². The quantitative estimate of drug-likeness (QED) is 0.784. The average Bonchev–Trinajstić information content (AvgIpc) is 2.38. The summed E-state index contributed by atoms with van der Waals surface area (Å²) in [4.78, 5) is 13.3. The molecule has 0 aliphatic carbocycles. The van der Waals surface area contributed by atoms with Gasteiger partial charge in [-0.25, -0.2) is 0 Å². The summed E-state index contributed by atoms with van der Waals surface area (Å²) in [5.74, 6) is -0.134. The number of methoxy groups -OCH3 is 1. The molecule has 0 aromatic heterocycles. The van der Waals surface area contributed by atoms with Crippen molar-refractivity contribution in [1.29, 1.82) is 0 Å². The van der Waals surface area contributed by atoms with Crippen molar-refractivity contribution in [1.82, 2.24) is 5.32 Å². The van der Waals surface area contributed by atoms with Crippen molar-refractivity contribution >= 4 is 11.7 Å². The molecule has 1 aromatic rings. The van der Waals surface area contributed by atoms with E-state index in [0.717, 1.165) is 11.4 Å². The van der Waals surface area contributed by atoms with Crippen LogP contribution in [0.1, 0.15) is 13.8 Å². The fourth-order valence-electron chi connectivity index (χ4n) is 2.09. The van der Waals surface area contributed by atoms with Crippen molar-refractivity contribution in [2.45, 2.75) is 19.4 Å². The molecule has 0 fully saturated rings. The molecule has 1 atom stereocenters. The summed E-state index contributed by atoms with van der Waals surface area (Å²) < 4.78 is 5.29. The molecule has 0 saturated carbocycles. The van der Waals surface area contributed by atoms with Gasteiger partial charge < -0.3 is 20.1 Å². The van der Waals surface area contributed by atoms with Crippen molar-refractivity contribution in [3.63, 3.8) is 0 Å². The van der Waals surface area contributed by atoms with E-state index in [4.69, 9.17) is 4.74 Å². The molecule has 5 heteroatoms. The molecule has 0 amide bonds. The van der Waals surface area contributed by atoms with E-state index in [1.165, 1.54) is 0 Å². The smallest absolute Gasteiger partial charge is 0.325 e. The van der Waals surface area contributed by atoms with Crippen LogP contribution in [0, 0.1) is 0 Å². The van der Waals surface area contributed by atoms with E-state index in [0.29, 0.717) is 13.1 Å². The maximum atomic E-state index is 11.4. The number of anilines is 1. The van der Waals surface area contributed by atoms with Gasteiger partial charge in [0.15, 0.2) is 0 Å². The van der Waals surface area contributed by atoms with Crippen LogP contribution in [0.3, 0.4) is 0 Å². The fourth-order valence-corrected chi connectivity index (χ4v) is 2.09. The van der Waals surface area contributed by atoms with Crippen LogP contribution in [0.5, 0.6) is 5.75 Å². The number of nitrogens with zero attached hydrogens (tertiary/aromatic N) is 1. The lowest BCUT2D eigenvalue weighted by Gasteiger charge is -2.32. The van der Waals surface area contributed by atoms with Gasteiger partial charge in [-0.05, 0) is 25.6 Å². The summed E-state index contributed by atoms with van der Waals surface area (Å²) in [5, 5.41) is 12.4. The van der Waals surface area contributed by atoms with Gasteiger partial charge in [-0.3, -0.25) is 4.79 Å². The first-order valence-corrected chi connectivity index (χ1v) is 6.27. The Kier molecular flexibility index (Phi) is 5.18. The number of hydrogen-bond acceptors (Lipinski definition) is 4. The molecule has 0 saturated heterocycles. The molecule has 0 radical (unpaired) electrons. The van der Waals surface area contributed by atoms with Crippen molar-refractivity contribution in [2.75, 3.05) is 32.1 Å². The highest BCUT2D eigenvalue weighted by Gasteiger charge is 2.33. The molecular formula is C14H22N2O3. The molecule has 0 bridgehead atoms. The molecule has 1 rings (SSSR count). The molecule has 0 aliphatic heterocycles. The highest BCUT2D eigenvalue weighted by atomic mass is 16.5. The Balaban J connectivity index is 2.94. The molecular weight excluding hydrogens is 244 g/mol. The van der Waals surface area contributed by atoms with Crippen molar-refractivity contribution in [3.8, 4) is 5.75 Å². The highest BCUT2D eigenvalue weighted by Crippen LogP contribution is 2.27. The number of carboxylic acid groups (broad SMARTS) is 1. The lowest BCUT2D eigenvalue weighted by atomic mass is 10.0. The molecule has 106 valence electrons. The first-order valence-electron chi connectivity index (χ1n) is 6.27. The van der Waals surface area contributed by atoms with E-state index in [1.54, 1.807) is 14.0 Å². The number of aliphatic carboxylic acids is 1. The predicted octanol–water partition coefficient (Wildman–Crippen LogP) is 1.58. The Labute approximate surface area is 114 Å². The number of carboxylic acids is 1. The van der Waals surface area contributed by atoms with Crippen LogP contribution < -0.4 is 15.0 Å². The maximum Gasteiger partial charge on any atom is 0.325 e. The zero-order chi connectivity index (χ0) is 14.5. The summed E-state index contributed by atoms with van der Waals surface area (Å²) >= 11 is 0. The third-order valence-corrected chi connectivity index (χ3v) is 3.09. The molecule has 0 spiro atoms. The Morgan fingerprint density at radius 2 is 2.11 bits per heavy atom. The summed E-state index contributed by atoms with van der Waals surface area (Å²) in [7, 11) is 3.46. The highest BCUT2D eigenvalue weighted by molar-refractivity contribution is 5.79. The van der Waals surface area contributed by atoms with Crippen LogP contribution >= 0.6 is 0 Å². The Morgan fingerprint density at radius 1 is 1.47 bits per heavy atom. The molecule has 19 heavy (non-hydrogen) atoms. The van der Waals surface area contributed by atoms with Crippen LogP contribution in [0.2, 0.25) is 0 Å². The predicted molar refractivity (Wildman–Crippen MR) is 76.0 cm³/mol. The number of hydrogen-bond donors (Lipinski definition) is 2. The number of benzene rings is 1. The Hall–Kier alpha value is -1.75. The average molecular weight is 266 g/mol. The van der Waals surface area contributed by atoms with Gasteiger partial charge in [0.1, 0.15) is 11.3 Å². The zero-order valence-corrected chi connectivity index (χ0v) is 11.9. The van der Waals surface area contributed by atoms with E-state index in [-0.39, 0.29) is 0 Å². The van der Waals surface area contributed by atoms with Gasteiger partial charge in [0, 0.05) is 13.6 Å².